The number of aryl methyl sites for hydroxylation is 1. The number of methoxy groups -OCH3 is 1. The quantitative estimate of drug-likeness (QED) is 0.675. The molecular formula is C17H29ClN2O3. The first-order valence-corrected chi connectivity index (χ1v) is 7.69. The molecular weight excluding hydrogens is 316 g/mol. The predicted molar refractivity (Wildman–Crippen MR) is 95.1 cm³/mol. The van der Waals surface area contributed by atoms with Crippen molar-refractivity contribution >= 4 is 18.3 Å². The van der Waals surface area contributed by atoms with Gasteiger partial charge in [0.1, 0.15) is 12.4 Å². The topological polar surface area (TPSA) is 73.6 Å². The van der Waals surface area contributed by atoms with Crippen LogP contribution in [0.1, 0.15) is 37.8 Å². The van der Waals surface area contributed by atoms with Crippen LogP contribution in [-0.2, 0) is 16.1 Å². The molecule has 1 aromatic carbocycles. The van der Waals surface area contributed by atoms with Crippen molar-refractivity contribution < 1.29 is 14.3 Å². The highest BCUT2D eigenvalue weighted by molar-refractivity contribution is 5.85. The molecule has 0 bridgehead atoms. The minimum absolute atomic E-state index is 0. The Morgan fingerprint density at radius 2 is 2.04 bits per heavy atom. The second kappa shape index (κ2) is 10.5. The van der Waals surface area contributed by atoms with Crippen LogP contribution in [0.25, 0.3) is 0 Å². The van der Waals surface area contributed by atoms with Gasteiger partial charge in [0.05, 0.1) is 12.1 Å². The third-order valence-electron chi connectivity index (χ3n) is 3.50. The number of benzene rings is 1. The maximum absolute atomic E-state index is 12.2. The molecule has 0 heterocycles. The van der Waals surface area contributed by atoms with Crippen molar-refractivity contribution in [2.24, 2.45) is 5.73 Å². The molecule has 1 unspecified atom stereocenters. The molecule has 1 aromatic rings. The number of hydrogen-bond donors (Lipinski definition) is 2. The number of ether oxygens (including phenoxy) is 2. The van der Waals surface area contributed by atoms with Crippen molar-refractivity contribution in [1.29, 1.82) is 0 Å². The summed E-state index contributed by atoms with van der Waals surface area (Å²) in [6.07, 6.45) is 1.53. The van der Waals surface area contributed by atoms with Crippen molar-refractivity contribution in [2.75, 3.05) is 20.3 Å². The Labute approximate surface area is 145 Å². The molecule has 0 aromatic heterocycles. The van der Waals surface area contributed by atoms with Crippen LogP contribution >= 0.6 is 12.4 Å². The van der Waals surface area contributed by atoms with E-state index in [0.717, 1.165) is 23.3 Å². The summed E-state index contributed by atoms with van der Waals surface area (Å²) in [4.78, 5) is 12.2. The van der Waals surface area contributed by atoms with Gasteiger partial charge < -0.3 is 20.5 Å². The monoisotopic (exact) mass is 344 g/mol. The molecule has 3 N–H and O–H groups in total. The van der Waals surface area contributed by atoms with E-state index in [2.05, 4.69) is 5.32 Å². The molecule has 1 amide bonds. The number of carbonyl (C=O) groups excluding carboxylic acids is 1. The lowest BCUT2D eigenvalue weighted by Gasteiger charge is -2.23. The molecule has 0 saturated heterocycles. The van der Waals surface area contributed by atoms with Gasteiger partial charge in [0.25, 0.3) is 0 Å². The van der Waals surface area contributed by atoms with Crippen molar-refractivity contribution in [3.63, 3.8) is 0 Å². The lowest BCUT2D eigenvalue weighted by Crippen LogP contribution is -2.51. The first-order chi connectivity index (χ1) is 10.4. The zero-order valence-electron chi connectivity index (χ0n) is 14.5. The summed E-state index contributed by atoms with van der Waals surface area (Å²) in [7, 11) is 1.64. The van der Waals surface area contributed by atoms with Crippen LogP contribution in [0.4, 0.5) is 0 Å². The minimum atomic E-state index is -0.837. The molecule has 0 saturated carbocycles. The molecule has 0 aliphatic rings. The molecule has 0 radical (unpaired) electrons. The van der Waals surface area contributed by atoms with Gasteiger partial charge in [0, 0.05) is 19.2 Å². The van der Waals surface area contributed by atoms with E-state index in [1.165, 1.54) is 0 Å². The summed E-state index contributed by atoms with van der Waals surface area (Å²) in [6.45, 7) is 7.18. The Hall–Kier alpha value is -1.30. The van der Waals surface area contributed by atoms with E-state index >= 15 is 0 Å². The Bertz CT molecular complexity index is 493. The second-order valence-corrected chi connectivity index (χ2v) is 5.80. The summed E-state index contributed by atoms with van der Waals surface area (Å²) in [6, 6.07) is 5.93. The molecule has 0 aliphatic heterocycles. The van der Waals surface area contributed by atoms with E-state index in [1.54, 1.807) is 14.0 Å². The molecule has 6 heteroatoms. The summed E-state index contributed by atoms with van der Waals surface area (Å²) in [5.74, 6) is 0.629. The number of rotatable bonds is 9. The van der Waals surface area contributed by atoms with Crippen molar-refractivity contribution in [3.8, 4) is 5.75 Å². The second-order valence-electron chi connectivity index (χ2n) is 5.80. The molecule has 132 valence electrons. The molecule has 1 rings (SSSR count). The molecule has 5 nitrogen and oxygen atoms in total. The predicted octanol–water partition coefficient (Wildman–Crippen LogP) is 2.58. The van der Waals surface area contributed by atoms with Crippen LogP contribution in [0.15, 0.2) is 18.2 Å². The average Bonchev–Trinajstić information content (AvgIpc) is 2.46. The van der Waals surface area contributed by atoms with Gasteiger partial charge >= 0.3 is 0 Å². The van der Waals surface area contributed by atoms with E-state index < -0.39 is 5.54 Å². The number of nitrogens with two attached hydrogens (primary N) is 1. The van der Waals surface area contributed by atoms with E-state index in [9.17, 15) is 4.79 Å². The van der Waals surface area contributed by atoms with Crippen LogP contribution in [0, 0.1) is 6.92 Å². The highest BCUT2D eigenvalue weighted by Gasteiger charge is 2.26. The Morgan fingerprint density at radius 3 is 2.65 bits per heavy atom. The first kappa shape index (κ1) is 21.7. The van der Waals surface area contributed by atoms with E-state index in [-0.39, 0.29) is 18.3 Å². The lowest BCUT2D eigenvalue weighted by molar-refractivity contribution is -0.126. The van der Waals surface area contributed by atoms with Gasteiger partial charge in [0.2, 0.25) is 5.91 Å². The Morgan fingerprint density at radius 1 is 1.35 bits per heavy atom. The highest BCUT2D eigenvalue weighted by atomic mass is 35.5. The van der Waals surface area contributed by atoms with Gasteiger partial charge in [-0.15, -0.1) is 12.4 Å². The number of nitrogens with one attached hydrogen (secondary N) is 1. The van der Waals surface area contributed by atoms with E-state index in [0.29, 0.717) is 26.2 Å². The third-order valence-corrected chi connectivity index (χ3v) is 3.50. The van der Waals surface area contributed by atoms with E-state index in [4.69, 9.17) is 15.2 Å². The maximum Gasteiger partial charge on any atom is 0.240 e. The van der Waals surface area contributed by atoms with Crippen LogP contribution in [0.5, 0.6) is 5.75 Å². The fourth-order valence-electron chi connectivity index (χ4n) is 2.19. The van der Waals surface area contributed by atoms with Gasteiger partial charge in [-0.2, -0.15) is 0 Å². The van der Waals surface area contributed by atoms with Gasteiger partial charge in [-0.05, 0) is 31.9 Å². The summed E-state index contributed by atoms with van der Waals surface area (Å²) in [5.41, 5.74) is 7.24. The Balaban J connectivity index is 0.00000484. The van der Waals surface area contributed by atoms with Crippen molar-refractivity contribution in [2.45, 2.75) is 45.7 Å². The van der Waals surface area contributed by atoms with Crippen LogP contribution in [0.3, 0.4) is 0 Å². The zero-order chi connectivity index (χ0) is 16.6. The minimum Gasteiger partial charge on any atom is -0.491 e. The molecule has 0 aliphatic carbocycles. The van der Waals surface area contributed by atoms with Gasteiger partial charge in [-0.1, -0.05) is 25.5 Å². The molecule has 1 atom stereocenters. The van der Waals surface area contributed by atoms with Crippen LogP contribution in [-0.4, -0.2) is 31.8 Å². The normalized spacial score (nSPS) is 12.9. The number of carbonyl (C=O) groups is 1. The van der Waals surface area contributed by atoms with Gasteiger partial charge in [0.15, 0.2) is 0 Å². The number of hydrogen-bond acceptors (Lipinski definition) is 4. The highest BCUT2D eigenvalue weighted by Crippen LogP contribution is 2.20. The van der Waals surface area contributed by atoms with Gasteiger partial charge in [-0.25, -0.2) is 0 Å². The zero-order valence-corrected chi connectivity index (χ0v) is 15.3. The van der Waals surface area contributed by atoms with Crippen molar-refractivity contribution in [1.82, 2.24) is 5.32 Å². The first-order valence-electron chi connectivity index (χ1n) is 7.69. The fourth-order valence-corrected chi connectivity index (χ4v) is 2.19. The largest absolute Gasteiger partial charge is 0.491 e. The fraction of sp³-hybridized carbons (Fsp3) is 0.588. The summed E-state index contributed by atoms with van der Waals surface area (Å²) >= 11 is 0. The van der Waals surface area contributed by atoms with Crippen LogP contribution in [0.2, 0.25) is 0 Å². The maximum atomic E-state index is 12.2. The average molecular weight is 345 g/mol. The number of amides is 1. The summed E-state index contributed by atoms with van der Waals surface area (Å²) < 4.78 is 10.7. The molecule has 0 spiro atoms. The Kier molecular flexibility index (Phi) is 9.88. The number of halogens is 1. The SMILES string of the molecule is CCCC(C)(N)C(=O)NCc1ccc(C)cc1OCCOC.Cl. The summed E-state index contributed by atoms with van der Waals surface area (Å²) in [5, 5.41) is 2.90. The van der Waals surface area contributed by atoms with Crippen LogP contribution < -0.4 is 15.8 Å². The standard InChI is InChI=1S/C17H28N2O3.ClH/c1-5-8-17(3,18)16(20)19-12-14-7-6-13(2)11-15(14)22-10-9-21-4;/h6-7,11H,5,8-10,12,18H2,1-4H3,(H,19,20);1H. The van der Waals surface area contributed by atoms with Crippen molar-refractivity contribution in [3.05, 3.63) is 29.3 Å². The third kappa shape index (κ3) is 7.20. The smallest absolute Gasteiger partial charge is 0.240 e. The lowest BCUT2D eigenvalue weighted by atomic mass is 9.96. The molecule has 0 fully saturated rings. The van der Waals surface area contributed by atoms with Gasteiger partial charge in [-0.3, -0.25) is 4.79 Å². The van der Waals surface area contributed by atoms with E-state index in [1.807, 2.05) is 32.0 Å². The molecule has 23 heavy (non-hydrogen) atoms.